The number of benzene rings is 4. The Bertz CT molecular complexity index is 1460. The molecule has 0 aliphatic carbocycles. The van der Waals surface area contributed by atoms with Gasteiger partial charge in [0.05, 0.1) is 12.6 Å². The fourth-order valence-corrected chi connectivity index (χ4v) is 4.48. The van der Waals surface area contributed by atoms with Gasteiger partial charge in [0, 0.05) is 35.9 Å². The van der Waals surface area contributed by atoms with Crippen molar-refractivity contribution in [3.05, 3.63) is 96.7 Å². The predicted octanol–water partition coefficient (Wildman–Crippen LogP) is 6.36. The second-order valence-corrected chi connectivity index (χ2v) is 8.54. The molecule has 0 fully saturated rings. The molecule has 0 saturated carbocycles. The summed E-state index contributed by atoms with van der Waals surface area (Å²) in [6.45, 7) is 2.26. The van der Waals surface area contributed by atoms with Gasteiger partial charge in [-0.2, -0.15) is 0 Å². The van der Waals surface area contributed by atoms with Crippen LogP contribution in [0.15, 0.2) is 91.1 Å². The van der Waals surface area contributed by atoms with Gasteiger partial charge in [-0.05, 0) is 53.1 Å². The molecule has 1 aromatic heterocycles. The molecule has 0 unspecified atom stereocenters. The number of anilines is 1. The van der Waals surface area contributed by atoms with E-state index in [0.717, 1.165) is 41.7 Å². The number of ether oxygens (including phenoxy) is 1. The number of phenolic OH excluding ortho intramolecular Hbond substituents is 1. The highest BCUT2D eigenvalue weighted by Crippen LogP contribution is 2.32. The van der Waals surface area contributed by atoms with Crippen LogP contribution in [0.1, 0.15) is 12.0 Å². The predicted molar refractivity (Wildman–Crippen MR) is 144 cm³/mol. The summed E-state index contributed by atoms with van der Waals surface area (Å²) in [7, 11) is 1.56. The Kier molecular flexibility index (Phi) is 6.77. The molecule has 5 rings (SSSR count). The number of pyridine rings is 1. The van der Waals surface area contributed by atoms with Crippen LogP contribution in [0.25, 0.3) is 32.8 Å². The Labute approximate surface area is 205 Å². The zero-order chi connectivity index (χ0) is 24.0. The molecule has 0 spiro atoms. The number of phenols is 1. The van der Waals surface area contributed by atoms with E-state index in [9.17, 15) is 5.11 Å². The molecule has 0 atom stereocenters. The van der Waals surface area contributed by atoms with Gasteiger partial charge in [-0.3, -0.25) is 4.98 Å². The fourth-order valence-electron chi connectivity index (χ4n) is 4.48. The zero-order valence-electron chi connectivity index (χ0n) is 19.8. The third kappa shape index (κ3) is 4.91. The maximum absolute atomic E-state index is 10.2. The van der Waals surface area contributed by atoms with Crippen molar-refractivity contribution in [2.45, 2.75) is 13.0 Å². The molecule has 5 aromatic rings. The summed E-state index contributed by atoms with van der Waals surface area (Å²) in [4.78, 5) is 4.64. The Morgan fingerprint density at radius 1 is 0.857 bits per heavy atom. The third-order valence-electron chi connectivity index (χ3n) is 6.31. The average Bonchev–Trinajstić information content (AvgIpc) is 2.91. The van der Waals surface area contributed by atoms with Gasteiger partial charge < -0.3 is 20.5 Å². The quantitative estimate of drug-likeness (QED) is 0.222. The van der Waals surface area contributed by atoms with Gasteiger partial charge in [-0.1, -0.05) is 66.7 Å². The molecular formula is C30H29N3O2. The Morgan fingerprint density at radius 2 is 1.71 bits per heavy atom. The van der Waals surface area contributed by atoms with Crippen LogP contribution in [-0.4, -0.2) is 30.3 Å². The molecule has 4 aromatic carbocycles. The summed E-state index contributed by atoms with van der Waals surface area (Å²) in [5.41, 5.74) is 5.29. The number of rotatable bonds is 9. The minimum atomic E-state index is 0.201. The molecule has 35 heavy (non-hydrogen) atoms. The van der Waals surface area contributed by atoms with Crippen molar-refractivity contribution in [2.75, 3.05) is 25.5 Å². The van der Waals surface area contributed by atoms with Crippen LogP contribution >= 0.6 is 0 Å². The number of fused-ring (bicyclic) bond motifs is 2. The summed E-state index contributed by atoms with van der Waals surface area (Å²) in [6, 6.07) is 29.0. The number of methoxy groups -OCH3 is 1. The van der Waals surface area contributed by atoms with Crippen LogP contribution in [0, 0.1) is 0 Å². The van der Waals surface area contributed by atoms with E-state index in [1.54, 1.807) is 13.2 Å². The molecule has 5 nitrogen and oxygen atoms in total. The number of aromatic hydroxyl groups is 1. The maximum atomic E-state index is 10.2. The van der Waals surface area contributed by atoms with Crippen LogP contribution in [0.5, 0.6) is 11.5 Å². The third-order valence-corrected chi connectivity index (χ3v) is 6.31. The van der Waals surface area contributed by atoms with Crippen LogP contribution in [0.3, 0.4) is 0 Å². The lowest BCUT2D eigenvalue weighted by atomic mass is 9.97. The summed E-state index contributed by atoms with van der Waals surface area (Å²) >= 11 is 0. The highest BCUT2D eigenvalue weighted by Gasteiger charge is 2.08. The SMILES string of the molecule is COc1cccc(CNCCCNc2ccnc3cc(-c4cccc5ccccc45)ccc23)c1O. The van der Waals surface area contributed by atoms with Crippen LogP contribution in [-0.2, 0) is 6.54 Å². The van der Waals surface area contributed by atoms with Gasteiger partial charge in [-0.25, -0.2) is 0 Å². The summed E-state index contributed by atoms with van der Waals surface area (Å²) in [5, 5.41) is 20.8. The van der Waals surface area contributed by atoms with Gasteiger partial charge in [-0.15, -0.1) is 0 Å². The van der Waals surface area contributed by atoms with E-state index in [2.05, 4.69) is 76.3 Å². The molecule has 0 amide bonds. The van der Waals surface area contributed by atoms with Crippen molar-refractivity contribution in [3.8, 4) is 22.6 Å². The number of hydrogen-bond acceptors (Lipinski definition) is 5. The molecule has 0 aliphatic heterocycles. The van der Waals surface area contributed by atoms with E-state index in [1.165, 1.54) is 21.9 Å². The summed E-state index contributed by atoms with van der Waals surface area (Å²) in [5.74, 6) is 0.700. The first-order valence-corrected chi connectivity index (χ1v) is 11.9. The maximum Gasteiger partial charge on any atom is 0.162 e. The van der Waals surface area contributed by atoms with Crippen molar-refractivity contribution in [2.24, 2.45) is 0 Å². The molecule has 5 heteroatoms. The van der Waals surface area contributed by atoms with E-state index < -0.39 is 0 Å². The first-order chi connectivity index (χ1) is 17.2. The van der Waals surface area contributed by atoms with E-state index in [0.29, 0.717) is 12.3 Å². The number of hydrogen-bond donors (Lipinski definition) is 3. The first kappa shape index (κ1) is 22.7. The molecule has 3 N–H and O–H groups in total. The number of para-hydroxylation sites is 1. The highest BCUT2D eigenvalue weighted by molar-refractivity contribution is 6.00. The summed E-state index contributed by atoms with van der Waals surface area (Å²) < 4.78 is 5.17. The second kappa shape index (κ2) is 10.5. The lowest BCUT2D eigenvalue weighted by Gasteiger charge is -2.12. The molecule has 0 saturated heterocycles. The van der Waals surface area contributed by atoms with E-state index >= 15 is 0 Å². The smallest absolute Gasteiger partial charge is 0.162 e. The molecule has 0 radical (unpaired) electrons. The van der Waals surface area contributed by atoms with Crippen molar-refractivity contribution < 1.29 is 9.84 Å². The van der Waals surface area contributed by atoms with E-state index in [4.69, 9.17) is 4.74 Å². The lowest BCUT2D eigenvalue weighted by molar-refractivity contribution is 0.369. The van der Waals surface area contributed by atoms with Crippen molar-refractivity contribution in [1.82, 2.24) is 10.3 Å². The van der Waals surface area contributed by atoms with Crippen LogP contribution < -0.4 is 15.4 Å². The largest absolute Gasteiger partial charge is 0.504 e. The highest BCUT2D eigenvalue weighted by atomic mass is 16.5. The van der Waals surface area contributed by atoms with Crippen LogP contribution in [0.2, 0.25) is 0 Å². The van der Waals surface area contributed by atoms with Crippen LogP contribution in [0.4, 0.5) is 5.69 Å². The lowest BCUT2D eigenvalue weighted by Crippen LogP contribution is -2.17. The average molecular weight is 464 g/mol. The van der Waals surface area contributed by atoms with Gasteiger partial charge >= 0.3 is 0 Å². The summed E-state index contributed by atoms with van der Waals surface area (Å²) in [6.07, 6.45) is 2.81. The number of aromatic nitrogens is 1. The van der Waals surface area contributed by atoms with Gasteiger partial charge in [0.25, 0.3) is 0 Å². The normalized spacial score (nSPS) is 11.1. The van der Waals surface area contributed by atoms with Gasteiger partial charge in [0.1, 0.15) is 0 Å². The molecule has 1 heterocycles. The van der Waals surface area contributed by atoms with Gasteiger partial charge in [0.15, 0.2) is 11.5 Å². The number of nitrogens with zero attached hydrogens (tertiary/aromatic N) is 1. The Hall–Kier alpha value is -4.09. The zero-order valence-corrected chi connectivity index (χ0v) is 19.8. The fraction of sp³-hybridized carbons (Fsp3) is 0.167. The van der Waals surface area contributed by atoms with Crippen molar-refractivity contribution in [3.63, 3.8) is 0 Å². The van der Waals surface area contributed by atoms with E-state index in [-0.39, 0.29) is 5.75 Å². The van der Waals surface area contributed by atoms with Gasteiger partial charge in [0.2, 0.25) is 0 Å². The standard InChI is InChI=1S/C30H29N3O2/c1-35-29-12-5-9-23(30(29)34)20-31-16-6-17-32-27-15-18-33-28-19-22(13-14-26(27)28)25-11-4-8-21-7-2-3-10-24(21)25/h2-5,7-15,18-19,31,34H,6,16-17,20H2,1H3,(H,32,33). The second-order valence-electron chi connectivity index (χ2n) is 8.54. The molecule has 176 valence electrons. The topological polar surface area (TPSA) is 66.4 Å². The number of nitrogens with one attached hydrogen (secondary N) is 2. The van der Waals surface area contributed by atoms with E-state index in [1.807, 2.05) is 24.4 Å². The minimum absolute atomic E-state index is 0.201. The van der Waals surface area contributed by atoms with Crippen molar-refractivity contribution in [1.29, 1.82) is 0 Å². The molecular weight excluding hydrogens is 434 g/mol. The molecule has 0 aliphatic rings. The Morgan fingerprint density at radius 3 is 2.63 bits per heavy atom. The first-order valence-electron chi connectivity index (χ1n) is 11.9. The Balaban J connectivity index is 1.22. The monoisotopic (exact) mass is 463 g/mol. The van der Waals surface area contributed by atoms with Crippen molar-refractivity contribution >= 4 is 27.4 Å². The minimum Gasteiger partial charge on any atom is -0.504 e. The molecule has 0 bridgehead atoms.